The molecule has 0 saturated heterocycles. The van der Waals surface area contributed by atoms with Crippen LogP contribution in [0.3, 0.4) is 0 Å². The third-order valence-corrected chi connectivity index (χ3v) is 3.62. The predicted octanol–water partition coefficient (Wildman–Crippen LogP) is 2.47. The van der Waals surface area contributed by atoms with Crippen LogP contribution in [0.1, 0.15) is 30.7 Å². The van der Waals surface area contributed by atoms with Gasteiger partial charge in [0.2, 0.25) is 0 Å². The Labute approximate surface area is 105 Å². The lowest BCUT2D eigenvalue weighted by atomic mass is 9.76. The lowest BCUT2D eigenvalue weighted by Crippen LogP contribution is -2.41. The average molecular weight is 232 g/mol. The zero-order valence-electron chi connectivity index (χ0n) is 11.0. The largest absolute Gasteiger partial charge is 0.314 e. The molecule has 0 heterocycles. The monoisotopic (exact) mass is 232 g/mol. The Morgan fingerprint density at radius 1 is 1.18 bits per heavy atom. The minimum Gasteiger partial charge on any atom is -0.314 e. The second-order valence-electron chi connectivity index (χ2n) is 5.39. The predicted molar refractivity (Wildman–Crippen MR) is 73.4 cm³/mol. The van der Waals surface area contributed by atoms with Gasteiger partial charge in [0.15, 0.2) is 0 Å². The molecule has 0 amide bonds. The summed E-state index contributed by atoms with van der Waals surface area (Å²) in [6, 6.07) is 11.7. The van der Waals surface area contributed by atoms with Crippen molar-refractivity contribution in [3.8, 4) is 0 Å². The lowest BCUT2D eigenvalue weighted by molar-refractivity contribution is 0.284. The molecule has 1 N–H and O–H groups in total. The van der Waals surface area contributed by atoms with Gasteiger partial charge in [0.1, 0.15) is 0 Å². The van der Waals surface area contributed by atoms with Crippen molar-refractivity contribution >= 4 is 0 Å². The van der Waals surface area contributed by atoms with Gasteiger partial charge in [-0.25, -0.2) is 0 Å². The average Bonchev–Trinajstić information content (AvgIpc) is 2.27. The first-order valence-electron chi connectivity index (χ1n) is 6.69. The number of benzene rings is 1. The Morgan fingerprint density at radius 2 is 1.88 bits per heavy atom. The molecule has 0 radical (unpaired) electrons. The highest BCUT2D eigenvalue weighted by atomic mass is 15.1. The van der Waals surface area contributed by atoms with Gasteiger partial charge in [0, 0.05) is 6.04 Å². The molecule has 0 aromatic heterocycles. The topological polar surface area (TPSA) is 15.3 Å². The molecule has 1 aliphatic carbocycles. The highest BCUT2D eigenvalue weighted by molar-refractivity contribution is 5.22. The van der Waals surface area contributed by atoms with Crippen molar-refractivity contribution < 1.29 is 0 Å². The van der Waals surface area contributed by atoms with Crippen LogP contribution in [-0.4, -0.2) is 38.1 Å². The Balaban J connectivity index is 1.60. The van der Waals surface area contributed by atoms with Crippen molar-refractivity contribution in [2.24, 2.45) is 0 Å². The van der Waals surface area contributed by atoms with Gasteiger partial charge in [-0.2, -0.15) is 0 Å². The van der Waals surface area contributed by atoms with Crippen molar-refractivity contribution in [1.82, 2.24) is 10.2 Å². The van der Waals surface area contributed by atoms with Crippen LogP contribution < -0.4 is 5.32 Å². The molecular weight excluding hydrogens is 208 g/mol. The molecule has 0 spiro atoms. The van der Waals surface area contributed by atoms with Gasteiger partial charge >= 0.3 is 0 Å². The van der Waals surface area contributed by atoms with Gasteiger partial charge in [0.25, 0.3) is 0 Å². The van der Waals surface area contributed by atoms with Crippen molar-refractivity contribution in [3.63, 3.8) is 0 Å². The highest BCUT2D eigenvalue weighted by Gasteiger charge is 2.29. The number of hydrogen-bond donors (Lipinski definition) is 1. The molecular formula is C15H24N2. The van der Waals surface area contributed by atoms with Gasteiger partial charge in [-0.1, -0.05) is 30.3 Å². The first-order chi connectivity index (χ1) is 8.25. The summed E-state index contributed by atoms with van der Waals surface area (Å²) in [5, 5.41) is 3.65. The second kappa shape index (κ2) is 6.18. The van der Waals surface area contributed by atoms with E-state index in [4.69, 9.17) is 0 Å². The molecule has 1 fully saturated rings. The first kappa shape index (κ1) is 12.6. The maximum absolute atomic E-state index is 3.65. The van der Waals surface area contributed by atoms with Gasteiger partial charge < -0.3 is 10.2 Å². The molecule has 2 nitrogen and oxygen atoms in total. The molecule has 1 aromatic carbocycles. The SMILES string of the molecule is CN(C)CCCNC1CC(c2ccccc2)C1. The van der Waals surface area contributed by atoms with Crippen molar-refractivity contribution in [2.75, 3.05) is 27.2 Å². The smallest absolute Gasteiger partial charge is 0.00787 e. The summed E-state index contributed by atoms with van der Waals surface area (Å²) in [5.41, 5.74) is 1.51. The molecule has 1 aromatic rings. The van der Waals surface area contributed by atoms with Gasteiger partial charge in [-0.05, 0) is 57.9 Å². The zero-order chi connectivity index (χ0) is 12.1. The standard InChI is InChI=1S/C15H24N2/c1-17(2)10-6-9-16-15-11-14(12-15)13-7-4-3-5-8-13/h3-5,7-8,14-16H,6,9-12H2,1-2H3. The van der Waals surface area contributed by atoms with E-state index in [1.54, 1.807) is 0 Å². The van der Waals surface area contributed by atoms with Crippen LogP contribution in [0, 0.1) is 0 Å². The van der Waals surface area contributed by atoms with E-state index in [2.05, 4.69) is 54.6 Å². The van der Waals surface area contributed by atoms with Crippen LogP contribution in [0.2, 0.25) is 0 Å². The maximum Gasteiger partial charge on any atom is 0.00787 e. The van der Waals surface area contributed by atoms with Crippen LogP contribution >= 0.6 is 0 Å². The number of nitrogens with one attached hydrogen (secondary N) is 1. The first-order valence-corrected chi connectivity index (χ1v) is 6.69. The van der Waals surface area contributed by atoms with Gasteiger partial charge in [-0.15, -0.1) is 0 Å². The Morgan fingerprint density at radius 3 is 2.53 bits per heavy atom. The number of nitrogens with zero attached hydrogens (tertiary/aromatic N) is 1. The van der Waals surface area contributed by atoms with E-state index < -0.39 is 0 Å². The van der Waals surface area contributed by atoms with Gasteiger partial charge in [0.05, 0.1) is 0 Å². The lowest BCUT2D eigenvalue weighted by Gasteiger charge is -2.36. The molecule has 0 aliphatic heterocycles. The van der Waals surface area contributed by atoms with E-state index >= 15 is 0 Å². The summed E-state index contributed by atoms with van der Waals surface area (Å²) in [7, 11) is 4.27. The van der Waals surface area contributed by atoms with Crippen molar-refractivity contribution in [1.29, 1.82) is 0 Å². The molecule has 2 rings (SSSR count). The van der Waals surface area contributed by atoms with Crippen LogP contribution in [0.5, 0.6) is 0 Å². The Bertz CT molecular complexity index is 315. The summed E-state index contributed by atoms with van der Waals surface area (Å²) in [4.78, 5) is 2.25. The maximum atomic E-state index is 3.65. The van der Waals surface area contributed by atoms with Crippen LogP contribution in [0.15, 0.2) is 30.3 Å². The van der Waals surface area contributed by atoms with Crippen LogP contribution in [0.25, 0.3) is 0 Å². The fourth-order valence-electron chi connectivity index (χ4n) is 2.48. The quantitative estimate of drug-likeness (QED) is 0.758. The minimum absolute atomic E-state index is 0.752. The second-order valence-corrected chi connectivity index (χ2v) is 5.39. The third-order valence-electron chi connectivity index (χ3n) is 3.62. The van der Waals surface area contributed by atoms with E-state index in [0.717, 1.165) is 18.5 Å². The molecule has 17 heavy (non-hydrogen) atoms. The van der Waals surface area contributed by atoms with Crippen LogP contribution in [0.4, 0.5) is 0 Å². The van der Waals surface area contributed by atoms with Crippen LogP contribution in [-0.2, 0) is 0 Å². The van der Waals surface area contributed by atoms with E-state index in [9.17, 15) is 0 Å². The Kier molecular flexibility index (Phi) is 4.57. The molecule has 0 unspecified atom stereocenters. The van der Waals surface area contributed by atoms with E-state index in [0.29, 0.717) is 0 Å². The summed E-state index contributed by atoms with van der Waals surface area (Å²) in [5.74, 6) is 0.794. The third kappa shape index (κ3) is 3.83. The molecule has 0 bridgehead atoms. The van der Waals surface area contributed by atoms with E-state index in [-0.39, 0.29) is 0 Å². The zero-order valence-corrected chi connectivity index (χ0v) is 11.0. The Hall–Kier alpha value is -0.860. The fraction of sp³-hybridized carbons (Fsp3) is 0.600. The molecule has 0 atom stereocenters. The molecule has 94 valence electrons. The summed E-state index contributed by atoms with van der Waals surface area (Å²) < 4.78 is 0. The number of rotatable bonds is 6. The highest BCUT2D eigenvalue weighted by Crippen LogP contribution is 2.36. The van der Waals surface area contributed by atoms with Gasteiger partial charge in [-0.3, -0.25) is 0 Å². The molecule has 1 saturated carbocycles. The number of hydrogen-bond acceptors (Lipinski definition) is 2. The van der Waals surface area contributed by atoms with E-state index in [1.807, 2.05) is 0 Å². The van der Waals surface area contributed by atoms with Crippen molar-refractivity contribution in [2.45, 2.75) is 31.2 Å². The fourth-order valence-corrected chi connectivity index (χ4v) is 2.48. The van der Waals surface area contributed by atoms with E-state index in [1.165, 1.54) is 31.4 Å². The minimum atomic E-state index is 0.752. The van der Waals surface area contributed by atoms with Crippen molar-refractivity contribution in [3.05, 3.63) is 35.9 Å². The summed E-state index contributed by atoms with van der Waals surface area (Å²) in [6.45, 7) is 2.34. The normalized spacial score (nSPS) is 23.7. The molecule has 2 heteroatoms. The summed E-state index contributed by atoms with van der Waals surface area (Å²) in [6.07, 6.45) is 3.87. The molecule has 1 aliphatic rings. The summed E-state index contributed by atoms with van der Waals surface area (Å²) >= 11 is 0.